The van der Waals surface area contributed by atoms with Gasteiger partial charge in [0, 0.05) is 11.0 Å². The zero-order valence-electron chi connectivity index (χ0n) is 13.9. The maximum absolute atomic E-state index is 13.2. The van der Waals surface area contributed by atoms with Crippen molar-refractivity contribution >= 4 is 16.3 Å². The number of nitrogens with zero attached hydrogens (tertiary/aromatic N) is 4. The number of hydrogen-bond acceptors (Lipinski definition) is 4. The Morgan fingerprint density at radius 2 is 1.60 bits per heavy atom. The second-order valence-corrected chi connectivity index (χ2v) is 9.29. The molecule has 4 aliphatic rings. The first kappa shape index (κ1) is 14.4. The van der Waals surface area contributed by atoms with Gasteiger partial charge in [0.05, 0.1) is 0 Å². The van der Waals surface area contributed by atoms with Crippen LogP contribution in [0.25, 0.3) is 15.5 Å². The van der Waals surface area contributed by atoms with E-state index in [-0.39, 0.29) is 11.2 Å². The molecule has 0 N–H and O–H groups in total. The van der Waals surface area contributed by atoms with Crippen LogP contribution >= 0.6 is 11.3 Å². The molecule has 0 saturated heterocycles. The smallest absolute Gasteiger partial charge is 0.207 e. The van der Waals surface area contributed by atoms with Gasteiger partial charge in [0.1, 0.15) is 10.8 Å². The minimum atomic E-state index is -0.221. The number of hydrogen-bond donors (Lipinski definition) is 0. The topological polar surface area (TPSA) is 43.1 Å². The van der Waals surface area contributed by atoms with Crippen LogP contribution in [0.15, 0.2) is 24.3 Å². The van der Waals surface area contributed by atoms with E-state index in [0.29, 0.717) is 0 Å². The lowest BCUT2D eigenvalue weighted by Gasteiger charge is -2.55. The van der Waals surface area contributed by atoms with E-state index in [0.717, 1.165) is 39.1 Å². The zero-order chi connectivity index (χ0) is 16.6. The minimum absolute atomic E-state index is 0.183. The first-order valence-corrected chi connectivity index (χ1v) is 9.99. The van der Waals surface area contributed by atoms with Crippen LogP contribution in [0.2, 0.25) is 0 Å². The van der Waals surface area contributed by atoms with E-state index >= 15 is 0 Å². The summed E-state index contributed by atoms with van der Waals surface area (Å²) in [6.07, 6.45) is 8.01. The number of aromatic nitrogens is 4. The van der Waals surface area contributed by atoms with E-state index in [9.17, 15) is 4.39 Å². The lowest BCUT2D eigenvalue weighted by molar-refractivity contribution is -0.0103. The molecule has 2 aromatic heterocycles. The van der Waals surface area contributed by atoms with E-state index in [4.69, 9.17) is 5.10 Å². The van der Waals surface area contributed by atoms with Crippen molar-refractivity contribution < 1.29 is 4.39 Å². The highest BCUT2D eigenvalue weighted by molar-refractivity contribution is 7.19. The molecule has 128 valence electrons. The molecule has 0 atom stereocenters. The highest BCUT2D eigenvalue weighted by atomic mass is 32.1. The fourth-order valence-corrected chi connectivity index (χ4v) is 6.89. The summed E-state index contributed by atoms with van der Waals surface area (Å²) in [6.45, 7) is 0. The standard InChI is InChI=1S/C19H19FN4S/c20-15-3-1-14(2-4-15)16-23-24-17(21-22-18(24)25-16)19-8-11-5-12(9-19)7-13(6-11)10-19/h1-4,11-13H,5-10H2. The van der Waals surface area contributed by atoms with Crippen LogP contribution in [0, 0.1) is 23.6 Å². The van der Waals surface area contributed by atoms with Crippen molar-refractivity contribution in [1.29, 1.82) is 0 Å². The molecule has 25 heavy (non-hydrogen) atoms. The predicted molar refractivity (Wildman–Crippen MR) is 93.9 cm³/mol. The first-order valence-electron chi connectivity index (χ1n) is 9.17. The fraction of sp³-hybridized carbons (Fsp3) is 0.526. The zero-order valence-corrected chi connectivity index (χ0v) is 14.7. The molecule has 0 radical (unpaired) electrons. The van der Waals surface area contributed by atoms with Crippen molar-refractivity contribution in [2.75, 3.05) is 0 Å². The average molecular weight is 354 g/mol. The van der Waals surface area contributed by atoms with Gasteiger partial charge in [-0.15, -0.1) is 10.2 Å². The number of rotatable bonds is 2. The maximum Gasteiger partial charge on any atom is 0.235 e. The molecule has 4 fully saturated rings. The largest absolute Gasteiger partial charge is 0.235 e. The molecule has 6 heteroatoms. The normalized spacial score (nSPS) is 33.4. The van der Waals surface area contributed by atoms with Gasteiger partial charge in [-0.3, -0.25) is 0 Å². The molecule has 2 heterocycles. The highest BCUT2D eigenvalue weighted by Crippen LogP contribution is 2.60. The summed E-state index contributed by atoms with van der Waals surface area (Å²) in [4.78, 5) is 0.852. The number of fused-ring (bicyclic) bond motifs is 1. The van der Waals surface area contributed by atoms with Crippen molar-refractivity contribution in [1.82, 2.24) is 19.8 Å². The van der Waals surface area contributed by atoms with Crippen LogP contribution in [-0.4, -0.2) is 19.8 Å². The third-order valence-electron chi connectivity index (χ3n) is 6.59. The second kappa shape index (κ2) is 4.87. The molecule has 3 aromatic rings. The first-order chi connectivity index (χ1) is 12.2. The summed E-state index contributed by atoms with van der Waals surface area (Å²) >= 11 is 1.54. The number of halogens is 1. The lowest BCUT2D eigenvalue weighted by Crippen LogP contribution is -2.49. The summed E-state index contributed by atoms with van der Waals surface area (Å²) in [5.74, 6) is 3.46. The van der Waals surface area contributed by atoms with Gasteiger partial charge < -0.3 is 0 Å². The van der Waals surface area contributed by atoms with Crippen molar-refractivity contribution in [3.05, 3.63) is 35.9 Å². The molecule has 1 aromatic carbocycles. The summed E-state index contributed by atoms with van der Waals surface area (Å²) in [5, 5.41) is 14.7. The van der Waals surface area contributed by atoms with E-state index in [1.54, 1.807) is 12.1 Å². The quantitative estimate of drug-likeness (QED) is 0.682. The van der Waals surface area contributed by atoms with Gasteiger partial charge in [-0.1, -0.05) is 11.3 Å². The van der Waals surface area contributed by atoms with Crippen LogP contribution in [0.4, 0.5) is 4.39 Å². The second-order valence-electron chi connectivity index (χ2n) is 8.33. The highest BCUT2D eigenvalue weighted by Gasteiger charge is 2.54. The van der Waals surface area contributed by atoms with Crippen molar-refractivity contribution in [2.45, 2.75) is 43.9 Å². The van der Waals surface area contributed by atoms with E-state index < -0.39 is 0 Å². The molecule has 7 rings (SSSR count). The maximum atomic E-state index is 13.2. The van der Waals surface area contributed by atoms with Crippen LogP contribution in [0.5, 0.6) is 0 Å². The molecule has 4 aliphatic carbocycles. The summed E-state index contributed by atoms with van der Waals surface area (Å²) in [6, 6.07) is 6.53. The predicted octanol–water partition coefficient (Wildman–Crippen LogP) is 4.46. The van der Waals surface area contributed by atoms with Gasteiger partial charge in [0.2, 0.25) is 4.96 Å². The Bertz CT molecular complexity index is 922. The molecular formula is C19H19FN4S. The van der Waals surface area contributed by atoms with Crippen molar-refractivity contribution in [2.24, 2.45) is 17.8 Å². The van der Waals surface area contributed by atoms with Gasteiger partial charge in [0.25, 0.3) is 0 Å². The molecule has 0 unspecified atom stereocenters. The van der Waals surface area contributed by atoms with Gasteiger partial charge in [-0.2, -0.15) is 9.61 Å². The molecule has 0 amide bonds. The Labute approximate surface area is 149 Å². The molecule has 4 nitrogen and oxygen atoms in total. The van der Waals surface area contributed by atoms with Gasteiger partial charge in [-0.25, -0.2) is 4.39 Å². The molecule has 0 spiro atoms. The SMILES string of the molecule is Fc1ccc(-c2nn3c(C45CC6CC(CC(C6)C4)C5)nnc3s2)cc1. The Kier molecular flexibility index (Phi) is 2.80. The van der Waals surface area contributed by atoms with E-state index in [1.165, 1.54) is 62.0 Å². The average Bonchev–Trinajstić information content (AvgIpc) is 3.14. The van der Waals surface area contributed by atoms with Crippen molar-refractivity contribution in [3.8, 4) is 10.6 Å². The Morgan fingerprint density at radius 3 is 2.24 bits per heavy atom. The minimum Gasteiger partial charge on any atom is -0.207 e. The molecule has 0 aliphatic heterocycles. The third kappa shape index (κ3) is 2.06. The Balaban J connectivity index is 1.45. The Hall–Kier alpha value is -1.82. The van der Waals surface area contributed by atoms with Crippen molar-refractivity contribution in [3.63, 3.8) is 0 Å². The van der Waals surface area contributed by atoms with Crippen LogP contribution < -0.4 is 0 Å². The summed E-state index contributed by atoms with van der Waals surface area (Å²) in [5.41, 5.74) is 1.12. The third-order valence-corrected chi connectivity index (χ3v) is 7.54. The summed E-state index contributed by atoms with van der Waals surface area (Å²) in [7, 11) is 0. The fourth-order valence-electron chi connectivity index (χ4n) is 6.04. The lowest BCUT2D eigenvalue weighted by atomic mass is 9.49. The van der Waals surface area contributed by atoms with Gasteiger partial charge in [-0.05, 0) is 80.5 Å². The van der Waals surface area contributed by atoms with Crippen LogP contribution in [-0.2, 0) is 5.41 Å². The van der Waals surface area contributed by atoms with Gasteiger partial charge in [0.15, 0.2) is 5.82 Å². The molecule has 4 bridgehead atoms. The Morgan fingerprint density at radius 1 is 0.960 bits per heavy atom. The molecule has 4 saturated carbocycles. The van der Waals surface area contributed by atoms with Gasteiger partial charge >= 0.3 is 0 Å². The van der Waals surface area contributed by atoms with E-state index in [1.807, 2.05) is 4.52 Å². The summed E-state index contributed by atoms with van der Waals surface area (Å²) < 4.78 is 15.2. The van der Waals surface area contributed by atoms with Crippen LogP contribution in [0.1, 0.15) is 44.3 Å². The van der Waals surface area contributed by atoms with E-state index in [2.05, 4.69) is 10.2 Å². The number of benzene rings is 1. The molecular weight excluding hydrogens is 335 g/mol. The monoisotopic (exact) mass is 354 g/mol. The van der Waals surface area contributed by atoms with Crippen LogP contribution in [0.3, 0.4) is 0 Å².